The van der Waals surface area contributed by atoms with Crippen LogP contribution in [0.3, 0.4) is 0 Å². The zero-order valence-electron chi connectivity index (χ0n) is 16.1. The molecular weight excluding hydrogens is 416 g/mol. The molecule has 0 spiro atoms. The highest BCUT2D eigenvalue weighted by molar-refractivity contribution is 6.30. The summed E-state index contributed by atoms with van der Waals surface area (Å²) >= 11 is 5.94. The van der Waals surface area contributed by atoms with E-state index >= 15 is 0 Å². The third kappa shape index (κ3) is 4.86. The summed E-state index contributed by atoms with van der Waals surface area (Å²) in [5, 5.41) is 16.3. The van der Waals surface area contributed by atoms with Crippen LogP contribution in [0.5, 0.6) is 11.6 Å². The molecule has 4 rings (SSSR count). The van der Waals surface area contributed by atoms with Crippen LogP contribution in [0, 0.1) is 11.3 Å². The lowest BCUT2D eigenvalue weighted by molar-refractivity contribution is 0.463. The van der Waals surface area contributed by atoms with Gasteiger partial charge in [0.1, 0.15) is 11.8 Å². The second kappa shape index (κ2) is 9.07. The molecule has 1 N–H and O–H groups in total. The third-order valence-corrected chi connectivity index (χ3v) is 4.51. The number of hydrogen-bond donors (Lipinski definition) is 1. The fourth-order valence-electron chi connectivity index (χ4n) is 2.75. The minimum Gasteiger partial charge on any atom is -0.439 e. The number of nitriles is 1. The van der Waals surface area contributed by atoms with Crippen molar-refractivity contribution in [3.8, 4) is 17.7 Å². The number of nitrogens with zero attached hydrogens (tertiary/aromatic N) is 5. The highest BCUT2D eigenvalue weighted by atomic mass is 35.5. The quantitative estimate of drug-likeness (QED) is 0.520. The van der Waals surface area contributed by atoms with E-state index in [1.165, 1.54) is 4.57 Å². The average molecular weight is 431 g/mol. The monoisotopic (exact) mass is 430 g/mol. The molecule has 2 aromatic heterocycles. The Balaban J connectivity index is 1.68. The van der Waals surface area contributed by atoms with Crippen molar-refractivity contribution in [2.75, 3.05) is 0 Å². The van der Waals surface area contributed by atoms with E-state index in [1.807, 2.05) is 6.07 Å². The smallest absolute Gasteiger partial charge is 0.292 e. The first kappa shape index (κ1) is 20.1. The zero-order chi connectivity index (χ0) is 21.6. The van der Waals surface area contributed by atoms with Crippen LogP contribution in [0.1, 0.15) is 11.3 Å². The molecule has 4 aromatic rings. The highest BCUT2D eigenvalue weighted by Gasteiger charge is 2.09. The van der Waals surface area contributed by atoms with Gasteiger partial charge in [-0.05, 0) is 48.0 Å². The van der Waals surface area contributed by atoms with Crippen molar-refractivity contribution < 1.29 is 4.74 Å². The van der Waals surface area contributed by atoms with Gasteiger partial charge in [-0.3, -0.25) is 9.36 Å². The Morgan fingerprint density at radius 3 is 2.55 bits per heavy atom. The van der Waals surface area contributed by atoms with Gasteiger partial charge in [0.05, 0.1) is 12.2 Å². The van der Waals surface area contributed by atoms with Gasteiger partial charge in [0.25, 0.3) is 5.56 Å². The van der Waals surface area contributed by atoms with Crippen molar-refractivity contribution in [3.63, 3.8) is 0 Å². The molecule has 0 aliphatic carbocycles. The van der Waals surface area contributed by atoms with Gasteiger partial charge in [-0.15, -0.1) is 0 Å². The maximum absolute atomic E-state index is 12.7. The van der Waals surface area contributed by atoms with E-state index in [1.54, 1.807) is 72.9 Å². The van der Waals surface area contributed by atoms with E-state index in [-0.39, 0.29) is 17.9 Å². The Morgan fingerprint density at radius 2 is 1.87 bits per heavy atom. The molecule has 0 saturated heterocycles. The van der Waals surface area contributed by atoms with Crippen molar-refractivity contribution in [1.29, 1.82) is 5.26 Å². The van der Waals surface area contributed by atoms with Crippen LogP contribution in [0.2, 0.25) is 5.02 Å². The predicted molar refractivity (Wildman–Crippen MR) is 114 cm³/mol. The molecule has 0 fully saturated rings. The molecule has 0 aliphatic rings. The number of pyridine rings is 1. The van der Waals surface area contributed by atoms with Gasteiger partial charge >= 0.3 is 0 Å². The number of hydrogen-bond acceptors (Lipinski definition) is 6. The number of benzene rings is 2. The molecule has 152 valence electrons. The zero-order valence-corrected chi connectivity index (χ0v) is 16.8. The standard InChI is InChI=1S/C22H15ClN6O2/c23-16-6-4-15(5-7-16)14-29-21(30)19(13-24)27-28-22(29)26-17-8-10-18(11-9-17)31-20-3-1-2-12-25-20/h1-12H,14H2,(H,26,28). The SMILES string of the molecule is N#Cc1n[nH]/c(=N\c2ccc(Oc3ccccn3)cc2)n(Cc2ccc(Cl)cc2)c1=O. The van der Waals surface area contributed by atoms with Crippen LogP contribution >= 0.6 is 11.6 Å². The predicted octanol–water partition coefficient (Wildman–Crippen LogP) is 3.56. The van der Waals surface area contributed by atoms with Crippen LogP contribution in [-0.2, 0) is 6.54 Å². The van der Waals surface area contributed by atoms with E-state index < -0.39 is 5.56 Å². The van der Waals surface area contributed by atoms with E-state index in [0.717, 1.165) is 5.56 Å². The number of rotatable bonds is 5. The summed E-state index contributed by atoms with van der Waals surface area (Å²) in [6, 6.07) is 21.2. The lowest BCUT2D eigenvalue weighted by Gasteiger charge is -2.07. The molecule has 31 heavy (non-hydrogen) atoms. The number of ether oxygens (including phenoxy) is 1. The van der Waals surface area contributed by atoms with Crippen molar-refractivity contribution >= 4 is 17.3 Å². The molecular formula is C22H15ClN6O2. The summed E-state index contributed by atoms with van der Waals surface area (Å²) in [6.45, 7) is 0.198. The second-order valence-electron chi connectivity index (χ2n) is 6.40. The first-order chi connectivity index (χ1) is 15.1. The lowest BCUT2D eigenvalue weighted by Crippen LogP contribution is -2.38. The summed E-state index contributed by atoms with van der Waals surface area (Å²) in [6.07, 6.45) is 1.65. The van der Waals surface area contributed by atoms with Crippen LogP contribution < -0.4 is 15.9 Å². The Labute approximate surface area is 181 Å². The summed E-state index contributed by atoms with van der Waals surface area (Å²) in [5.41, 5.74) is 0.820. The maximum Gasteiger partial charge on any atom is 0.292 e. The van der Waals surface area contributed by atoms with Crippen LogP contribution in [0.15, 0.2) is 82.7 Å². The number of H-pyrrole nitrogens is 1. The van der Waals surface area contributed by atoms with Crippen molar-refractivity contribution in [3.05, 3.63) is 105 Å². The molecule has 9 heteroatoms. The number of nitrogens with one attached hydrogen (secondary N) is 1. The van der Waals surface area contributed by atoms with Crippen LogP contribution in [0.25, 0.3) is 0 Å². The van der Waals surface area contributed by atoms with Crippen molar-refractivity contribution in [2.24, 2.45) is 4.99 Å². The van der Waals surface area contributed by atoms with E-state index in [0.29, 0.717) is 22.3 Å². The molecule has 2 aromatic carbocycles. The molecule has 0 aliphatic heterocycles. The third-order valence-electron chi connectivity index (χ3n) is 4.26. The van der Waals surface area contributed by atoms with Gasteiger partial charge in [-0.2, -0.15) is 10.4 Å². The first-order valence-electron chi connectivity index (χ1n) is 9.20. The Kier molecular flexibility index (Phi) is 5.87. The first-order valence-corrected chi connectivity index (χ1v) is 9.58. The molecule has 0 unspecified atom stereocenters. The summed E-state index contributed by atoms with van der Waals surface area (Å²) in [4.78, 5) is 21.3. The fourth-order valence-corrected chi connectivity index (χ4v) is 2.88. The molecule has 0 atom stereocenters. The van der Waals surface area contributed by atoms with Gasteiger partial charge in [0.2, 0.25) is 17.2 Å². The number of halogens is 1. The Bertz CT molecular complexity index is 1360. The minimum atomic E-state index is -0.537. The van der Waals surface area contributed by atoms with Gasteiger partial charge in [0.15, 0.2) is 0 Å². The van der Waals surface area contributed by atoms with Crippen molar-refractivity contribution in [2.45, 2.75) is 6.54 Å². The van der Waals surface area contributed by atoms with E-state index in [9.17, 15) is 4.79 Å². The van der Waals surface area contributed by atoms with E-state index in [2.05, 4.69) is 20.2 Å². The van der Waals surface area contributed by atoms with Gasteiger partial charge < -0.3 is 4.74 Å². The maximum atomic E-state index is 12.7. The van der Waals surface area contributed by atoms with Gasteiger partial charge in [-0.1, -0.05) is 29.8 Å². The van der Waals surface area contributed by atoms with Crippen LogP contribution in [0.4, 0.5) is 5.69 Å². The van der Waals surface area contributed by atoms with Crippen molar-refractivity contribution in [1.82, 2.24) is 19.7 Å². The molecule has 0 amide bonds. The van der Waals surface area contributed by atoms with E-state index in [4.69, 9.17) is 21.6 Å². The second-order valence-corrected chi connectivity index (χ2v) is 6.84. The molecule has 0 radical (unpaired) electrons. The topological polar surface area (TPSA) is 109 Å². The highest BCUT2D eigenvalue weighted by Crippen LogP contribution is 2.22. The average Bonchev–Trinajstić information content (AvgIpc) is 2.80. The molecule has 8 nitrogen and oxygen atoms in total. The molecule has 2 heterocycles. The normalized spacial score (nSPS) is 11.2. The van der Waals surface area contributed by atoms with Crippen LogP contribution in [-0.4, -0.2) is 19.7 Å². The summed E-state index contributed by atoms with van der Waals surface area (Å²) in [5.74, 6) is 1.08. The number of aromatic amines is 1. The molecule has 0 saturated carbocycles. The fraction of sp³-hybridized carbons (Fsp3) is 0.0455. The largest absolute Gasteiger partial charge is 0.439 e. The Hall–Kier alpha value is -4.22. The Morgan fingerprint density at radius 1 is 1.10 bits per heavy atom. The summed E-state index contributed by atoms with van der Waals surface area (Å²) in [7, 11) is 0. The van der Waals surface area contributed by atoms with Gasteiger partial charge in [-0.25, -0.2) is 15.1 Å². The summed E-state index contributed by atoms with van der Waals surface area (Å²) < 4.78 is 7.02. The molecule has 0 bridgehead atoms. The number of aromatic nitrogens is 4. The lowest BCUT2D eigenvalue weighted by atomic mass is 10.2. The van der Waals surface area contributed by atoms with Gasteiger partial charge in [0, 0.05) is 17.3 Å². The minimum absolute atomic E-state index is 0.198.